The summed E-state index contributed by atoms with van der Waals surface area (Å²) in [5, 5.41) is 12.1. The molecule has 2 unspecified atom stereocenters. The Bertz CT molecular complexity index is 822. The molecular formula is C18H21N5O. The quantitative estimate of drug-likeness (QED) is 0.741. The first-order chi connectivity index (χ1) is 11.7. The topological polar surface area (TPSA) is 55.5 Å². The Morgan fingerprint density at radius 1 is 1.08 bits per heavy atom. The van der Waals surface area contributed by atoms with Crippen LogP contribution in [0, 0.1) is 0 Å². The van der Waals surface area contributed by atoms with Crippen LogP contribution in [0.5, 0.6) is 0 Å². The van der Waals surface area contributed by atoms with Crippen molar-refractivity contribution < 1.29 is 4.74 Å². The standard InChI is InChI=1S/C18H21N5O/c1-13-9-22(10-14(2)24-13)11-17-8-16(15-6-4-3-5-7-15)12-23-18(17)19-20-21-23/h3-8,12-14H,9-11H2,1-2H3. The van der Waals surface area contributed by atoms with Crippen LogP contribution in [0.15, 0.2) is 42.6 Å². The molecule has 24 heavy (non-hydrogen) atoms. The number of morpholine rings is 1. The average Bonchev–Trinajstić information content (AvgIpc) is 3.03. The third-order valence-corrected chi connectivity index (χ3v) is 4.37. The second kappa shape index (κ2) is 6.30. The molecule has 6 nitrogen and oxygen atoms in total. The zero-order chi connectivity index (χ0) is 16.5. The Kier molecular flexibility index (Phi) is 4.00. The Balaban J connectivity index is 1.70. The van der Waals surface area contributed by atoms with Crippen LogP contribution in [0.1, 0.15) is 19.4 Å². The van der Waals surface area contributed by atoms with Gasteiger partial charge in [-0.3, -0.25) is 4.90 Å². The minimum absolute atomic E-state index is 0.248. The molecule has 3 heterocycles. The average molecular weight is 323 g/mol. The highest BCUT2D eigenvalue weighted by atomic mass is 16.5. The fourth-order valence-electron chi connectivity index (χ4n) is 3.47. The number of tetrazole rings is 1. The molecule has 0 aliphatic carbocycles. The Hall–Kier alpha value is -2.31. The van der Waals surface area contributed by atoms with Crippen molar-refractivity contribution in [1.29, 1.82) is 0 Å². The zero-order valence-corrected chi connectivity index (χ0v) is 14.0. The summed E-state index contributed by atoms with van der Waals surface area (Å²) in [5.41, 5.74) is 4.25. The molecule has 0 saturated carbocycles. The molecule has 2 atom stereocenters. The molecular weight excluding hydrogens is 302 g/mol. The van der Waals surface area contributed by atoms with Gasteiger partial charge in [0, 0.05) is 37.0 Å². The molecule has 1 saturated heterocycles. The number of nitrogens with zero attached hydrogens (tertiary/aromatic N) is 5. The van der Waals surface area contributed by atoms with Crippen LogP contribution >= 0.6 is 0 Å². The van der Waals surface area contributed by atoms with E-state index < -0.39 is 0 Å². The minimum atomic E-state index is 0.248. The summed E-state index contributed by atoms with van der Waals surface area (Å²) < 4.78 is 7.60. The van der Waals surface area contributed by atoms with Crippen molar-refractivity contribution >= 4 is 5.65 Å². The first-order valence-electron chi connectivity index (χ1n) is 8.33. The zero-order valence-electron chi connectivity index (χ0n) is 14.0. The molecule has 0 N–H and O–H groups in total. The molecule has 0 radical (unpaired) electrons. The van der Waals surface area contributed by atoms with E-state index in [1.165, 1.54) is 5.56 Å². The van der Waals surface area contributed by atoms with Gasteiger partial charge in [-0.25, -0.2) is 0 Å². The lowest BCUT2D eigenvalue weighted by molar-refractivity contribution is -0.0704. The lowest BCUT2D eigenvalue weighted by Gasteiger charge is -2.35. The van der Waals surface area contributed by atoms with Gasteiger partial charge in [-0.05, 0) is 35.9 Å². The van der Waals surface area contributed by atoms with Gasteiger partial charge in [-0.15, -0.1) is 5.10 Å². The van der Waals surface area contributed by atoms with Gasteiger partial charge in [0.2, 0.25) is 0 Å². The SMILES string of the molecule is CC1CN(Cc2cc(-c3ccccc3)cn3nnnc23)CC(C)O1. The fraction of sp³-hybridized carbons (Fsp3) is 0.389. The maximum atomic E-state index is 5.83. The first kappa shape index (κ1) is 15.2. The van der Waals surface area contributed by atoms with Crippen LogP contribution in [0.2, 0.25) is 0 Å². The number of rotatable bonds is 3. The molecule has 124 valence electrons. The molecule has 0 spiro atoms. The number of pyridine rings is 1. The largest absolute Gasteiger partial charge is 0.373 e. The third kappa shape index (κ3) is 3.02. The summed E-state index contributed by atoms with van der Waals surface area (Å²) in [7, 11) is 0. The first-order valence-corrected chi connectivity index (χ1v) is 8.33. The van der Waals surface area contributed by atoms with E-state index in [4.69, 9.17) is 4.74 Å². The van der Waals surface area contributed by atoms with Crippen LogP contribution in [0.25, 0.3) is 16.8 Å². The summed E-state index contributed by atoms with van der Waals surface area (Å²) in [6, 6.07) is 12.5. The lowest BCUT2D eigenvalue weighted by atomic mass is 10.1. The molecule has 0 amide bonds. The van der Waals surface area contributed by atoms with Gasteiger partial charge in [0.15, 0.2) is 5.65 Å². The monoisotopic (exact) mass is 323 g/mol. The molecule has 1 aliphatic rings. The fourth-order valence-corrected chi connectivity index (χ4v) is 3.47. The van der Waals surface area contributed by atoms with Crippen molar-refractivity contribution in [2.75, 3.05) is 13.1 Å². The van der Waals surface area contributed by atoms with Gasteiger partial charge in [0.25, 0.3) is 0 Å². The molecule has 1 fully saturated rings. The highest BCUT2D eigenvalue weighted by Crippen LogP contribution is 2.23. The van der Waals surface area contributed by atoms with Crippen LogP contribution in [-0.2, 0) is 11.3 Å². The van der Waals surface area contributed by atoms with E-state index in [9.17, 15) is 0 Å². The van der Waals surface area contributed by atoms with E-state index in [1.54, 1.807) is 4.52 Å². The smallest absolute Gasteiger partial charge is 0.183 e. The summed E-state index contributed by atoms with van der Waals surface area (Å²) in [6.45, 7) is 6.92. The summed E-state index contributed by atoms with van der Waals surface area (Å²) in [6.07, 6.45) is 2.48. The molecule has 3 aromatic rings. The molecule has 0 bridgehead atoms. The van der Waals surface area contributed by atoms with Crippen LogP contribution < -0.4 is 0 Å². The number of hydrogen-bond acceptors (Lipinski definition) is 5. The number of benzene rings is 1. The van der Waals surface area contributed by atoms with Crippen molar-refractivity contribution in [3.63, 3.8) is 0 Å². The van der Waals surface area contributed by atoms with E-state index in [1.807, 2.05) is 24.4 Å². The maximum Gasteiger partial charge on any atom is 0.183 e. The van der Waals surface area contributed by atoms with Gasteiger partial charge >= 0.3 is 0 Å². The molecule has 6 heteroatoms. The van der Waals surface area contributed by atoms with E-state index >= 15 is 0 Å². The lowest BCUT2D eigenvalue weighted by Crippen LogP contribution is -2.44. The number of fused-ring (bicyclic) bond motifs is 1. The molecule has 2 aromatic heterocycles. The van der Waals surface area contributed by atoms with E-state index in [2.05, 4.69) is 52.5 Å². The van der Waals surface area contributed by atoms with Crippen LogP contribution in [0.3, 0.4) is 0 Å². The number of ether oxygens (including phenoxy) is 1. The molecule has 1 aliphatic heterocycles. The van der Waals surface area contributed by atoms with Crippen molar-refractivity contribution in [3.05, 3.63) is 48.2 Å². The summed E-state index contributed by atoms with van der Waals surface area (Å²) in [5.74, 6) is 0. The number of hydrogen-bond donors (Lipinski definition) is 0. The van der Waals surface area contributed by atoms with Gasteiger partial charge in [0.1, 0.15) is 0 Å². The van der Waals surface area contributed by atoms with Gasteiger partial charge in [-0.2, -0.15) is 4.52 Å². The van der Waals surface area contributed by atoms with Gasteiger partial charge < -0.3 is 4.74 Å². The van der Waals surface area contributed by atoms with Gasteiger partial charge in [0.05, 0.1) is 12.2 Å². The van der Waals surface area contributed by atoms with Crippen molar-refractivity contribution in [2.24, 2.45) is 0 Å². The van der Waals surface area contributed by atoms with Crippen LogP contribution in [0.4, 0.5) is 0 Å². The minimum Gasteiger partial charge on any atom is -0.373 e. The Morgan fingerprint density at radius 3 is 2.58 bits per heavy atom. The summed E-state index contributed by atoms with van der Waals surface area (Å²) >= 11 is 0. The Morgan fingerprint density at radius 2 is 1.83 bits per heavy atom. The second-order valence-electron chi connectivity index (χ2n) is 6.52. The highest BCUT2D eigenvalue weighted by Gasteiger charge is 2.23. The van der Waals surface area contributed by atoms with E-state index in [0.717, 1.165) is 36.4 Å². The second-order valence-corrected chi connectivity index (χ2v) is 6.52. The van der Waals surface area contributed by atoms with E-state index in [0.29, 0.717) is 0 Å². The predicted octanol–water partition coefficient (Wildman–Crippen LogP) is 2.40. The predicted molar refractivity (Wildman–Crippen MR) is 91.5 cm³/mol. The Labute approximate surface area is 141 Å². The van der Waals surface area contributed by atoms with Crippen LogP contribution in [-0.4, -0.2) is 50.2 Å². The highest BCUT2D eigenvalue weighted by molar-refractivity contribution is 5.66. The van der Waals surface area contributed by atoms with Crippen molar-refractivity contribution in [1.82, 2.24) is 24.9 Å². The van der Waals surface area contributed by atoms with Crippen molar-refractivity contribution in [3.8, 4) is 11.1 Å². The maximum absolute atomic E-state index is 5.83. The van der Waals surface area contributed by atoms with E-state index in [-0.39, 0.29) is 12.2 Å². The van der Waals surface area contributed by atoms with Gasteiger partial charge in [-0.1, -0.05) is 30.3 Å². The number of aromatic nitrogens is 4. The van der Waals surface area contributed by atoms with Crippen molar-refractivity contribution in [2.45, 2.75) is 32.6 Å². The normalized spacial score (nSPS) is 22.1. The third-order valence-electron chi connectivity index (χ3n) is 4.37. The molecule has 4 rings (SSSR count). The molecule has 1 aromatic carbocycles. The summed E-state index contributed by atoms with van der Waals surface area (Å²) in [4.78, 5) is 2.41.